The maximum absolute atomic E-state index is 12.6. The summed E-state index contributed by atoms with van der Waals surface area (Å²) in [6.45, 7) is 14.0. The van der Waals surface area contributed by atoms with Crippen molar-refractivity contribution in [2.45, 2.75) is 83.7 Å². The topological polar surface area (TPSA) is 110 Å². The van der Waals surface area contributed by atoms with E-state index in [1.54, 1.807) is 12.1 Å². The van der Waals surface area contributed by atoms with Crippen LogP contribution in [0.25, 0.3) is 11.4 Å². The molecule has 2 aromatic carbocycles. The number of aromatic nitrogens is 2. The number of H-pyrrole nitrogens is 1. The van der Waals surface area contributed by atoms with Gasteiger partial charge in [0.1, 0.15) is 0 Å². The molecule has 0 aliphatic carbocycles. The Labute approximate surface area is 231 Å². The molecular weight excluding hydrogens is 547 g/mol. The molecule has 0 aliphatic rings. The van der Waals surface area contributed by atoms with Crippen molar-refractivity contribution >= 4 is 31.2 Å². The van der Waals surface area contributed by atoms with Crippen molar-refractivity contribution < 1.29 is 14.5 Å². The molecule has 38 heavy (non-hydrogen) atoms. The summed E-state index contributed by atoms with van der Waals surface area (Å²) >= 11 is -0.0940. The van der Waals surface area contributed by atoms with Gasteiger partial charge < -0.3 is 0 Å². The van der Waals surface area contributed by atoms with Gasteiger partial charge in [0.05, 0.1) is 0 Å². The molecule has 0 aliphatic heterocycles. The number of ether oxygens (including phenoxy) is 1. The zero-order valence-corrected chi connectivity index (χ0v) is 25.0. The van der Waals surface area contributed by atoms with Crippen molar-refractivity contribution in [2.75, 3.05) is 0 Å². The van der Waals surface area contributed by atoms with Crippen LogP contribution in [0.1, 0.15) is 64.9 Å². The quantitative estimate of drug-likeness (QED) is 0.186. The summed E-state index contributed by atoms with van der Waals surface area (Å²) < 4.78 is 6.25. The predicted molar refractivity (Wildman–Crippen MR) is 152 cm³/mol. The number of hydrogen-bond donors (Lipinski definition) is 2. The van der Waals surface area contributed by atoms with Crippen LogP contribution in [0.4, 0.5) is 10.5 Å². The van der Waals surface area contributed by atoms with E-state index < -0.39 is 11.7 Å². The van der Waals surface area contributed by atoms with E-state index in [2.05, 4.69) is 43.2 Å². The number of alkyl carbamates (subject to hydrolysis) is 1. The molecule has 0 spiro atoms. The van der Waals surface area contributed by atoms with Crippen LogP contribution in [0.15, 0.2) is 48.5 Å². The molecule has 1 heterocycles. The fraction of sp³-hybridized carbons (Fsp3) is 0.448. The molecule has 0 saturated carbocycles. The van der Waals surface area contributed by atoms with Gasteiger partial charge >= 0.3 is 211 Å². The van der Waals surface area contributed by atoms with Gasteiger partial charge in [0.15, 0.2) is 0 Å². The summed E-state index contributed by atoms with van der Waals surface area (Å²) in [5.74, 6) is 0.842. The zero-order valence-electron chi connectivity index (χ0n) is 23.3. The molecule has 9 heteroatoms. The van der Waals surface area contributed by atoms with Crippen LogP contribution in [0.5, 0.6) is 0 Å². The number of imidazole rings is 1. The second-order valence-electron chi connectivity index (χ2n) is 11.4. The first-order valence-electron chi connectivity index (χ1n) is 12.7. The summed E-state index contributed by atoms with van der Waals surface area (Å²) in [6.07, 6.45) is 0.842. The third-order valence-corrected chi connectivity index (χ3v) is 8.11. The average Bonchev–Trinajstić information content (AvgIpc) is 3.20. The zero-order chi connectivity index (χ0) is 28.1. The monoisotopic (exact) mass is 586 g/mol. The number of hydrogen-bond acceptors (Lipinski definition) is 5. The number of aromatic amines is 1. The molecule has 1 amide bonds. The molecule has 1 atom stereocenters. The first kappa shape index (κ1) is 29.4. The summed E-state index contributed by atoms with van der Waals surface area (Å²) in [7, 11) is 0. The number of nitro groups is 1. The Balaban J connectivity index is 1.72. The number of nitrogens with one attached hydrogen (secondary N) is 2. The van der Waals surface area contributed by atoms with Crippen molar-refractivity contribution in [1.29, 1.82) is 0 Å². The number of benzene rings is 2. The minimum atomic E-state index is -0.599. The Kier molecular flexibility index (Phi) is 9.39. The number of nitrogens with zero attached hydrogens (tertiary/aromatic N) is 2. The van der Waals surface area contributed by atoms with Gasteiger partial charge in [-0.1, -0.05) is 20.8 Å². The van der Waals surface area contributed by atoms with Crippen molar-refractivity contribution in [2.24, 2.45) is 0 Å². The molecule has 2 N–H and O–H groups in total. The summed E-state index contributed by atoms with van der Waals surface area (Å²) in [5, 5.41) is 15.1. The summed E-state index contributed by atoms with van der Waals surface area (Å²) in [4.78, 5) is 31.8. The predicted octanol–water partition coefficient (Wildman–Crippen LogP) is 5.86. The number of rotatable bonds is 9. The standard InChI is InChI=1S/C29H38N4O4Se/c1-19-25(28(2,3)4)32-26(30-19)21-14-12-20(13-15-21)18-22(31-27(34)37-29(5,6)7)16-17-38-24-11-9-8-10-23(24)33(35)36/h8-15,22H,16-18H2,1-7H3,(H,30,32)(H,31,34)/t22-/m1/s1. The number of nitro benzene ring substituents is 1. The molecule has 0 saturated heterocycles. The van der Waals surface area contributed by atoms with Crippen LogP contribution < -0.4 is 9.78 Å². The van der Waals surface area contributed by atoms with Crippen LogP contribution in [0.3, 0.4) is 0 Å². The van der Waals surface area contributed by atoms with Gasteiger partial charge in [-0.05, 0) is 0 Å². The SMILES string of the molecule is Cc1[nH]c(-c2ccc(C[C@@H](CC[Se]c3ccccc3[N+](=O)[O-])NC(=O)OC(C)(C)C)cc2)nc1C(C)(C)C. The molecule has 0 bridgehead atoms. The second kappa shape index (κ2) is 12.1. The van der Waals surface area contributed by atoms with E-state index in [1.165, 1.54) is 0 Å². The number of carbonyl (C=O) groups excluding carboxylic acids is 1. The van der Waals surface area contributed by atoms with Gasteiger partial charge in [-0.25, -0.2) is 0 Å². The Morgan fingerprint density at radius 1 is 1.11 bits per heavy atom. The molecule has 8 nitrogen and oxygen atoms in total. The third-order valence-electron chi connectivity index (χ3n) is 5.81. The Morgan fingerprint density at radius 3 is 2.34 bits per heavy atom. The van der Waals surface area contributed by atoms with Crippen LogP contribution >= 0.6 is 0 Å². The number of amides is 1. The normalized spacial score (nSPS) is 12.7. The van der Waals surface area contributed by atoms with E-state index in [1.807, 2.05) is 52.0 Å². The maximum atomic E-state index is 12.6. The summed E-state index contributed by atoms with van der Waals surface area (Å²) in [5.41, 5.74) is 3.72. The number of aryl methyl sites for hydroxylation is 1. The van der Waals surface area contributed by atoms with Crippen LogP contribution in [0.2, 0.25) is 5.32 Å². The molecule has 204 valence electrons. The Morgan fingerprint density at radius 2 is 1.76 bits per heavy atom. The minimum Gasteiger partial charge on any atom is -0.0545 e. The van der Waals surface area contributed by atoms with E-state index >= 15 is 0 Å². The molecule has 0 fully saturated rings. The fourth-order valence-corrected chi connectivity index (χ4v) is 6.43. The van der Waals surface area contributed by atoms with Crippen molar-refractivity contribution in [3.05, 3.63) is 75.6 Å². The fourth-order valence-electron chi connectivity index (χ4n) is 4.15. The van der Waals surface area contributed by atoms with E-state index in [-0.39, 0.29) is 37.0 Å². The van der Waals surface area contributed by atoms with E-state index in [9.17, 15) is 14.9 Å². The van der Waals surface area contributed by atoms with Crippen LogP contribution in [-0.4, -0.2) is 47.6 Å². The number of para-hydroxylation sites is 1. The molecule has 3 aromatic rings. The van der Waals surface area contributed by atoms with Crippen LogP contribution in [0, 0.1) is 17.0 Å². The molecule has 1 aromatic heterocycles. The van der Waals surface area contributed by atoms with Gasteiger partial charge in [0, 0.05) is 0 Å². The Hall–Kier alpha value is -3.16. The third kappa shape index (κ3) is 8.43. The smallest absolute Gasteiger partial charge is 0.0545 e. The molecule has 3 rings (SSSR count). The molecule has 0 unspecified atom stereocenters. The van der Waals surface area contributed by atoms with Gasteiger partial charge in [-0.15, -0.1) is 0 Å². The first-order chi connectivity index (χ1) is 17.7. The van der Waals surface area contributed by atoms with Crippen molar-refractivity contribution in [3.8, 4) is 11.4 Å². The molecule has 0 radical (unpaired) electrons. The van der Waals surface area contributed by atoms with Gasteiger partial charge in [0.2, 0.25) is 0 Å². The van der Waals surface area contributed by atoms with E-state index in [0.717, 1.165) is 38.1 Å². The average molecular weight is 586 g/mol. The number of carbonyl (C=O) groups is 1. The Bertz CT molecular complexity index is 1260. The summed E-state index contributed by atoms with van der Waals surface area (Å²) in [6, 6.07) is 14.9. The van der Waals surface area contributed by atoms with Crippen LogP contribution in [-0.2, 0) is 16.6 Å². The second-order valence-corrected chi connectivity index (χ2v) is 13.8. The molecular formula is C29H38N4O4Se. The van der Waals surface area contributed by atoms with Crippen molar-refractivity contribution in [1.82, 2.24) is 15.3 Å². The minimum absolute atomic E-state index is 0.0407. The van der Waals surface area contributed by atoms with E-state index in [4.69, 9.17) is 9.72 Å². The van der Waals surface area contributed by atoms with Gasteiger partial charge in [-0.3, -0.25) is 0 Å². The van der Waals surface area contributed by atoms with Crippen molar-refractivity contribution in [3.63, 3.8) is 0 Å². The van der Waals surface area contributed by atoms with Gasteiger partial charge in [-0.2, -0.15) is 0 Å². The van der Waals surface area contributed by atoms with E-state index in [0.29, 0.717) is 12.8 Å². The first-order valence-corrected chi connectivity index (χ1v) is 14.8. The van der Waals surface area contributed by atoms with Gasteiger partial charge in [0.25, 0.3) is 0 Å².